The van der Waals surface area contributed by atoms with Crippen molar-refractivity contribution in [1.82, 2.24) is 20.6 Å². The van der Waals surface area contributed by atoms with Gasteiger partial charge in [0, 0.05) is 55.9 Å². The first-order chi connectivity index (χ1) is 17.8. The van der Waals surface area contributed by atoms with Crippen LogP contribution in [0, 0.1) is 24.4 Å². The van der Waals surface area contributed by atoms with Gasteiger partial charge in [-0.25, -0.2) is 23.1 Å². The van der Waals surface area contributed by atoms with Crippen molar-refractivity contribution in [2.75, 3.05) is 36.8 Å². The molecule has 0 aliphatic rings. The summed E-state index contributed by atoms with van der Waals surface area (Å²) in [5.41, 5.74) is 1.33. The number of aromatic nitrogens is 2. The second-order valence-electron chi connectivity index (χ2n) is 7.96. The summed E-state index contributed by atoms with van der Waals surface area (Å²) in [4.78, 5) is 32.4. The predicted octanol–water partition coefficient (Wildman–Crippen LogP) is 3.66. The maximum atomic E-state index is 13.7. The average Bonchev–Trinajstić information content (AvgIpc) is 2.89. The van der Waals surface area contributed by atoms with Crippen LogP contribution in [0.3, 0.4) is 0 Å². The maximum absolute atomic E-state index is 13.7. The number of carbonyl (C=O) groups excluding carboxylic acids is 2. The summed E-state index contributed by atoms with van der Waals surface area (Å²) in [7, 11) is 0. The van der Waals surface area contributed by atoms with E-state index in [0.717, 1.165) is 35.4 Å². The van der Waals surface area contributed by atoms with Crippen LogP contribution in [-0.2, 0) is 9.59 Å². The molecule has 1 aromatic heterocycles. The molecule has 0 aliphatic heterocycles. The molecule has 0 saturated heterocycles. The summed E-state index contributed by atoms with van der Waals surface area (Å²) < 4.78 is 40.1. The zero-order chi connectivity index (χ0) is 26.8. The Hall–Kier alpha value is -4.41. The van der Waals surface area contributed by atoms with Crippen LogP contribution in [-0.4, -0.2) is 48.0 Å². The molecule has 0 bridgehead atoms. The van der Waals surface area contributed by atoms with Crippen molar-refractivity contribution in [3.8, 4) is 11.4 Å². The third kappa shape index (κ3) is 7.79. The highest BCUT2D eigenvalue weighted by molar-refractivity contribution is 5.91. The van der Waals surface area contributed by atoms with Crippen LogP contribution in [0.15, 0.2) is 48.5 Å². The van der Waals surface area contributed by atoms with Gasteiger partial charge in [0.15, 0.2) is 23.3 Å². The van der Waals surface area contributed by atoms with Gasteiger partial charge in [-0.15, -0.1) is 0 Å². The van der Waals surface area contributed by atoms with E-state index in [9.17, 15) is 22.8 Å². The Morgan fingerprint density at radius 3 is 2.08 bits per heavy atom. The first-order valence-electron chi connectivity index (χ1n) is 11.5. The lowest BCUT2D eigenvalue weighted by atomic mass is 10.2. The molecule has 11 heteroatoms. The Morgan fingerprint density at radius 2 is 1.46 bits per heavy atom. The molecule has 0 fully saturated rings. The van der Waals surface area contributed by atoms with E-state index in [-0.39, 0.29) is 18.0 Å². The van der Waals surface area contributed by atoms with E-state index in [4.69, 9.17) is 0 Å². The Bertz CT molecular complexity index is 1290. The van der Waals surface area contributed by atoms with Crippen molar-refractivity contribution in [3.63, 3.8) is 0 Å². The van der Waals surface area contributed by atoms with E-state index in [1.807, 2.05) is 37.3 Å². The number of halogens is 3. The highest BCUT2D eigenvalue weighted by atomic mass is 19.2. The van der Waals surface area contributed by atoms with Crippen molar-refractivity contribution >= 4 is 29.5 Å². The Morgan fingerprint density at radius 1 is 0.838 bits per heavy atom. The van der Waals surface area contributed by atoms with Gasteiger partial charge in [0.25, 0.3) is 0 Å². The van der Waals surface area contributed by atoms with Crippen molar-refractivity contribution in [1.29, 1.82) is 0 Å². The highest BCUT2D eigenvalue weighted by Gasteiger charge is 2.13. The molecule has 194 valence electrons. The quantitative estimate of drug-likeness (QED) is 0.178. The SMILES string of the molecule is CC(=O)NCCNc1nc(-c2ccccc2)nc(NCCNC(=O)C=Cc2ccc(F)c(F)c2F)c1C. The number of benzene rings is 2. The summed E-state index contributed by atoms with van der Waals surface area (Å²) in [6, 6.07) is 11.3. The standard InChI is InChI=1S/C26H27F3N6O2/c1-16-24(32-14-12-30-17(2)36)34-26(19-6-4-3-5-7-19)35-25(16)33-15-13-31-21(37)11-9-18-8-10-20(27)23(29)22(18)28/h3-11H,12-15H2,1-2H3,(H,30,36)(H,31,37)(H2,32,33,34,35). The van der Waals surface area contributed by atoms with Gasteiger partial charge in [0.1, 0.15) is 11.6 Å². The summed E-state index contributed by atoms with van der Waals surface area (Å²) in [5.74, 6) is -3.25. The fourth-order valence-corrected chi connectivity index (χ4v) is 3.26. The lowest BCUT2D eigenvalue weighted by molar-refractivity contribution is -0.119. The number of anilines is 2. The topological polar surface area (TPSA) is 108 Å². The summed E-state index contributed by atoms with van der Waals surface area (Å²) in [6.45, 7) is 4.70. The molecule has 2 aromatic carbocycles. The molecule has 0 atom stereocenters. The lowest BCUT2D eigenvalue weighted by Crippen LogP contribution is -2.28. The molecule has 0 spiro atoms. The first kappa shape index (κ1) is 27.2. The minimum absolute atomic E-state index is 0.125. The molecular formula is C26H27F3N6O2. The smallest absolute Gasteiger partial charge is 0.244 e. The minimum Gasteiger partial charge on any atom is -0.368 e. The van der Waals surface area contributed by atoms with Crippen molar-refractivity contribution in [2.24, 2.45) is 0 Å². The molecule has 2 amide bonds. The van der Waals surface area contributed by atoms with Gasteiger partial charge >= 0.3 is 0 Å². The van der Waals surface area contributed by atoms with Gasteiger partial charge in [0.05, 0.1) is 0 Å². The number of carbonyl (C=O) groups is 2. The molecule has 0 saturated carbocycles. The van der Waals surface area contributed by atoms with Crippen molar-refractivity contribution in [2.45, 2.75) is 13.8 Å². The lowest BCUT2D eigenvalue weighted by Gasteiger charge is -2.15. The number of nitrogens with one attached hydrogen (secondary N) is 4. The van der Waals surface area contributed by atoms with Gasteiger partial charge in [-0.05, 0) is 25.1 Å². The Balaban J connectivity index is 1.63. The number of hydrogen-bond donors (Lipinski definition) is 4. The zero-order valence-corrected chi connectivity index (χ0v) is 20.4. The summed E-state index contributed by atoms with van der Waals surface area (Å²) in [6.07, 6.45) is 2.11. The third-order valence-corrected chi connectivity index (χ3v) is 5.17. The minimum atomic E-state index is -1.59. The third-order valence-electron chi connectivity index (χ3n) is 5.17. The molecule has 3 aromatic rings. The maximum Gasteiger partial charge on any atom is 0.244 e. The van der Waals surface area contributed by atoms with Crippen LogP contribution >= 0.6 is 0 Å². The van der Waals surface area contributed by atoms with Crippen molar-refractivity contribution in [3.05, 3.63) is 77.1 Å². The van der Waals surface area contributed by atoms with E-state index in [1.54, 1.807) is 0 Å². The largest absolute Gasteiger partial charge is 0.368 e. The van der Waals surface area contributed by atoms with Gasteiger partial charge in [-0.3, -0.25) is 9.59 Å². The van der Waals surface area contributed by atoms with Crippen LogP contribution in [0.5, 0.6) is 0 Å². The van der Waals surface area contributed by atoms with Crippen LogP contribution in [0.2, 0.25) is 0 Å². The molecule has 37 heavy (non-hydrogen) atoms. The van der Waals surface area contributed by atoms with Gasteiger partial charge in [-0.1, -0.05) is 30.3 Å². The second kappa shape index (κ2) is 13.1. The predicted molar refractivity (Wildman–Crippen MR) is 136 cm³/mol. The molecule has 4 N–H and O–H groups in total. The van der Waals surface area contributed by atoms with E-state index in [2.05, 4.69) is 31.2 Å². The number of hydrogen-bond acceptors (Lipinski definition) is 6. The normalized spacial score (nSPS) is 10.8. The Kier molecular flexibility index (Phi) is 9.59. The fourth-order valence-electron chi connectivity index (χ4n) is 3.26. The van der Waals surface area contributed by atoms with Crippen LogP contribution in [0.25, 0.3) is 17.5 Å². The fraction of sp³-hybridized carbons (Fsp3) is 0.231. The number of rotatable bonds is 11. The molecule has 3 rings (SSSR count). The molecule has 0 unspecified atom stereocenters. The molecular weight excluding hydrogens is 485 g/mol. The van der Waals surface area contributed by atoms with E-state index in [0.29, 0.717) is 37.1 Å². The van der Waals surface area contributed by atoms with E-state index >= 15 is 0 Å². The Labute approximate surface area is 212 Å². The molecule has 0 radical (unpaired) electrons. The number of amides is 2. The molecule has 1 heterocycles. The molecule has 0 aliphatic carbocycles. The summed E-state index contributed by atoms with van der Waals surface area (Å²) in [5, 5.41) is 11.7. The van der Waals surface area contributed by atoms with Gasteiger partial charge < -0.3 is 21.3 Å². The van der Waals surface area contributed by atoms with Crippen LogP contribution in [0.4, 0.5) is 24.8 Å². The summed E-state index contributed by atoms with van der Waals surface area (Å²) >= 11 is 0. The van der Waals surface area contributed by atoms with E-state index in [1.165, 1.54) is 6.92 Å². The van der Waals surface area contributed by atoms with Gasteiger partial charge in [0.2, 0.25) is 11.8 Å². The monoisotopic (exact) mass is 512 g/mol. The first-order valence-corrected chi connectivity index (χ1v) is 11.5. The highest BCUT2D eigenvalue weighted by Crippen LogP contribution is 2.25. The van der Waals surface area contributed by atoms with Gasteiger partial charge in [-0.2, -0.15) is 0 Å². The van der Waals surface area contributed by atoms with Crippen molar-refractivity contribution < 1.29 is 22.8 Å². The number of nitrogens with zero attached hydrogens (tertiary/aromatic N) is 2. The van der Waals surface area contributed by atoms with E-state index < -0.39 is 23.4 Å². The van der Waals surface area contributed by atoms with Crippen LogP contribution < -0.4 is 21.3 Å². The molecule has 8 nitrogen and oxygen atoms in total. The second-order valence-corrected chi connectivity index (χ2v) is 7.96. The average molecular weight is 513 g/mol. The zero-order valence-electron chi connectivity index (χ0n) is 20.4. The van der Waals surface area contributed by atoms with Crippen LogP contribution in [0.1, 0.15) is 18.1 Å².